The quantitative estimate of drug-likeness (QED) is 0.0643. The molecule has 78 heavy (non-hydrogen) atoms. The zero-order chi connectivity index (χ0) is 54.1. The highest BCUT2D eigenvalue weighted by Gasteiger charge is 2.76. The minimum Gasteiger partial charge on any atom is -0.493 e. The molecule has 4 aliphatic heterocycles. The Balaban J connectivity index is 1.19. The Labute approximate surface area is 454 Å². The number of aliphatic hydroxyl groups is 2. The van der Waals surface area contributed by atoms with Gasteiger partial charge in [0.25, 0.3) is 0 Å². The number of methoxy groups -OCH3 is 2. The number of aliphatic hydroxyl groups excluding tert-OH is 1. The summed E-state index contributed by atoms with van der Waals surface area (Å²) in [4.78, 5) is 70.1. The van der Waals surface area contributed by atoms with Crippen molar-refractivity contribution in [1.29, 1.82) is 0 Å². The van der Waals surface area contributed by atoms with Crippen LogP contribution in [-0.4, -0.2) is 89.4 Å². The number of imide groups is 1. The van der Waals surface area contributed by atoms with E-state index < -0.39 is 71.0 Å². The van der Waals surface area contributed by atoms with Crippen LogP contribution in [0.1, 0.15) is 114 Å². The zero-order valence-corrected chi connectivity index (χ0v) is 44.1. The highest BCUT2D eigenvalue weighted by Crippen LogP contribution is 2.66. The van der Waals surface area contributed by atoms with E-state index in [1.54, 1.807) is 55.5 Å². The molecule has 11 rings (SSSR count). The first kappa shape index (κ1) is 52.1. The van der Waals surface area contributed by atoms with Gasteiger partial charge in [-0.2, -0.15) is 0 Å². The fraction of sp³-hybridized carbons (Fsp3) is 0.344. The number of urea groups is 1. The summed E-state index contributed by atoms with van der Waals surface area (Å²) in [7, 11) is 3.13. The van der Waals surface area contributed by atoms with E-state index in [2.05, 4.69) is 17.2 Å². The first-order valence-corrected chi connectivity index (χ1v) is 27.0. The summed E-state index contributed by atoms with van der Waals surface area (Å²) >= 11 is 0. The van der Waals surface area contributed by atoms with Crippen molar-refractivity contribution in [2.75, 3.05) is 38.9 Å². The third-order valence-electron chi connectivity index (χ3n) is 16.5. The molecule has 2 saturated heterocycles. The first-order chi connectivity index (χ1) is 38.0. The Bertz CT molecular complexity index is 3280. The lowest BCUT2D eigenvalue weighted by molar-refractivity contribution is -0.179. The number of hydrogen-bond acceptors (Lipinski definition) is 11. The summed E-state index contributed by atoms with van der Waals surface area (Å²) in [6.45, 7) is 1.88. The molecule has 400 valence electrons. The van der Waals surface area contributed by atoms with Gasteiger partial charge in [-0.25, -0.2) is 9.69 Å². The van der Waals surface area contributed by atoms with Crippen molar-refractivity contribution in [3.8, 4) is 29.1 Å². The lowest BCUT2D eigenvalue weighted by atomic mass is 9.64. The maximum Gasteiger partial charge on any atom is 0.329 e. The molecule has 5 aliphatic rings. The van der Waals surface area contributed by atoms with E-state index in [1.807, 2.05) is 121 Å². The van der Waals surface area contributed by atoms with Crippen LogP contribution in [0.2, 0.25) is 0 Å². The minimum absolute atomic E-state index is 0.0292. The maximum atomic E-state index is 17.1. The summed E-state index contributed by atoms with van der Waals surface area (Å²) in [5, 5.41) is 25.0. The van der Waals surface area contributed by atoms with Crippen LogP contribution < -0.4 is 24.4 Å². The standard InChI is InChI=1S/C64H64N4O10/c1-41(43-18-9-6-10-19-43)65-62(73)67-51-27-26-42(28-32-63(74)30-15-4-5-16-31-63)36-50(51)64(61(67)72)54(59(70)66-33-29-46-38-52(75-2)53(76-3)39-48(46)40-66)56-60(71)78-57(45-22-13-8-14-23-45)55(44-20-11-7-12-21-44)68(56)58(64)47-24-17-25-49(37-47)77-35-34-69/h6-14,17-27,36-39,41,54-58,69,74H,4-5,15-16,29-31,33-35,40H2,1-3H3,(H,65,73). The molecular weight excluding hydrogens is 985 g/mol. The summed E-state index contributed by atoms with van der Waals surface area (Å²) in [5.74, 6) is 4.47. The normalized spacial score (nSPS) is 23.6. The Hall–Kier alpha value is -7.96. The first-order valence-electron chi connectivity index (χ1n) is 27.0. The zero-order valence-electron chi connectivity index (χ0n) is 44.1. The molecule has 6 aromatic rings. The van der Waals surface area contributed by atoms with E-state index in [0.717, 1.165) is 52.8 Å². The average molecular weight is 1050 g/mol. The number of rotatable bonds is 11. The number of fused-ring (bicyclic) bond motifs is 4. The molecule has 1 saturated carbocycles. The SMILES string of the molecule is COc1cc2c(cc1OC)CN(C(=O)C1C3C(=O)OC(c4ccccc4)C(c4ccccc4)N3C(c3cccc(OCCO)c3)C13C(=O)N(C(=O)NC(C)c1ccccc1)c1ccc(C#CC4(O)CCCCCC4)cc13)CC2. The predicted octanol–water partition coefficient (Wildman–Crippen LogP) is 9.23. The van der Waals surface area contributed by atoms with Crippen molar-refractivity contribution in [3.63, 3.8) is 0 Å². The number of morpholine rings is 1. The Kier molecular flexibility index (Phi) is 14.6. The molecule has 4 amide bonds. The molecule has 1 aliphatic carbocycles. The van der Waals surface area contributed by atoms with Crippen molar-refractivity contribution in [3.05, 3.63) is 190 Å². The van der Waals surface area contributed by atoms with Gasteiger partial charge in [0.1, 0.15) is 35.5 Å². The number of hydrogen-bond donors (Lipinski definition) is 3. The van der Waals surface area contributed by atoms with Crippen molar-refractivity contribution >= 4 is 29.5 Å². The van der Waals surface area contributed by atoms with Gasteiger partial charge in [0.2, 0.25) is 11.8 Å². The van der Waals surface area contributed by atoms with Crippen molar-refractivity contribution in [2.24, 2.45) is 5.92 Å². The van der Waals surface area contributed by atoms with E-state index in [-0.39, 0.29) is 32.0 Å². The number of carbonyl (C=O) groups is 4. The highest BCUT2D eigenvalue weighted by molar-refractivity contribution is 6.24. The van der Waals surface area contributed by atoms with E-state index in [1.165, 1.54) is 0 Å². The van der Waals surface area contributed by atoms with Gasteiger partial charge in [-0.3, -0.25) is 19.3 Å². The second-order valence-corrected chi connectivity index (χ2v) is 21.0. The number of cyclic esters (lactones) is 1. The number of nitrogens with zero attached hydrogens (tertiary/aromatic N) is 3. The Morgan fingerprint density at radius 3 is 2.10 bits per heavy atom. The fourth-order valence-electron chi connectivity index (χ4n) is 12.9. The second kappa shape index (κ2) is 21.8. The molecule has 7 unspecified atom stereocenters. The van der Waals surface area contributed by atoms with Crippen LogP contribution in [0.15, 0.2) is 146 Å². The maximum absolute atomic E-state index is 17.1. The summed E-state index contributed by atoms with van der Waals surface area (Å²) in [6.07, 6.45) is 4.15. The number of benzene rings is 6. The van der Waals surface area contributed by atoms with Gasteiger partial charge in [0.15, 0.2) is 11.5 Å². The molecule has 0 aromatic heterocycles. The highest BCUT2D eigenvalue weighted by atomic mass is 16.6. The molecule has 0 bridgehead atoms. The average Bonchev–Trinajstić information content (AvgIpc) is 3.14. The third kappa shape index (κ3) is 9.33. The number of esters is 1. The minimum atomic E-state index is -2.08. The van der Waals surface area contributed by atoms with E-state index in [4.69, 9.17) is 18.9 Å². The fourth-order valence-corrected chi connectivity index (χ4v) is 12.9. The molecule has 0 radical (unpaired) electrons. The van der Waals surface area contributed by atoms with E-state index in [9.17, 15) is 10.2 Å². The van der Waals surface area contributed by atoms with Gasteiger partial charge in [-0.05, 0) is 120 Å². The molecule has 3 fully saturated rings. The number of anilines is 1. The Morgan fingerprint density at radius 1 is 0.769 bits per heavy atom. The van der Waals surface area contributed by atoms with Crippen molar-refractivity contribution in [2.45, 2.75) is 99.7 Å². The van der Waals surface area contributed by atoms with Crippen LogP contribution in [0.25, 0.3) is 0 Å². The van der Waals surface area contributed by atoms with Crippen molar-refractivity contribution in [1.82, 2.24) is 15.1 Å². The van der Waals surface area contributed by atoms with E-state index in [0.29, 0.717) is 58.8 Å². The predicted molar refractivity (Wildman–Crippen MR) is 293 cm³/mol. The van der Waals surface area contributed by atoms with E-state index >= 15 is 19.2 Å². The molecule has 14 nitrogen and oxygen atoms in total. The van der Waals surface area contributed by atoms with Crippen LogP contribution in [-0.2, 0) is 37.5 Å². The van der Waals surface area contributed by atoms with Crippen LogP contribution in [0.4, 0.5) is 10.5 Å². The second-order valence-electron chi connectivity index (χ2n) is 21.0. The molecule has 3 N–H and O–H groups in total. The topological polar surface area (TPSA) is 167 Å². The lowest BCUT2D eigenvalue weighted by Crippen LogP contribution is -2.57. The molecule has 7 atom stereocenters. The molecule has 4 heterocycles. The van der Waals surface area contributed by atoms with Gasteiger partial charge in [0.05, 0.1) is 50.6 Å². The summed E-state index contributed by atoms with van der Waals surface area (Å²) < 4.78 is 24.3. The third-order valence-corrected chi connectivity index (χ3v) is 16.5. The van der Waals surface area contributed by atoms with Crippen molar-refractivity contribution < 1.29 is 48.3 Å². The van der Waals surface area contributed by atoms with Crippen LogP contribution >= 0.6 is 0 Å². The number of carbonyl (C=O) groups excluding carboxylic acids is 4. The van der Waals surface area contributed by atoms with Gasteiger partial charge in [0, 0.05) is 18.7 Å². The Morgan fingerprint density at radius 2 is 1.42 bits per heavy atom. The van der Waals surface area contributed by atoms with Gasteiger partial charge >= 0.3 is 12.0 Å². The monoisotopic (exact) mass is 1050 g/mol. The number of nitrogens with one attached hydrogen (secondary N) is 1. The summed E-state index contributed by atoms with van der Waals surface area (Å²) in [6, 6.07) is 40.0. The molecule has 14 heteroatoms. The number of ether oxygens (including phenoxy) is 4. The molecular formula is C64H64N4O10. The largest absolute Gasteiger partial charge is 0.493 e. The van der Waals surface area contributed by atoms with Crippen LogP contribution in [0.5, 0.6) is 17.2 Å². The smallest absolute Gasteiger partial charge is 0.329 e. The molecule has 1 spiro atoms. The van der Waals surface area contributed by atoms with Crippen LogP contribution in [0, 0.1) is 17.8 Å². The summed E-state index contributed by atoms with van der Waals surface area (Å²) in [5.41, 5.74) is 2.19. The molecule has 6 aromatic carbocycles. The van der Waals surface area contributed by atoms with Gasteiger partial charge in [-0.15, -0.1) is 0 Å². The van der Waals surface area contributed by atoms with Crippen LogP contribution in [0.3, 0.4) is 0 Å². The lowest BCUT2D eigenvalue weighted by Gasteiger charge is -2.46. The number of amides is 4. The van der Waals surface area contributed by atoms with Gasteiger partial charge < -0.3 is 39.4 Å². The van der Waals surface area contributed by atoms with Gasteiger partial charge in [-0.1, -0.05) is 128 Å².